The van der Waals surface area contributed by atoms with Gasteiger partial charge in [0, 0.05) is 13.6 Å². The molecule has 0 aliphatic carbocycles. The molecule has 26 heavy (non-hydrogen) atoms. The van der Waals surface area contributed by atoms with E-state index in [1.165, 1.54) is 0 Å². The summed E-state index contributed by atoms with van der Waals surface area (Å²) in [7, 11) is 1.33. The molecule has 1 fully saturated rings. The van der Waals surface area contributed by atoms with Crippen molar-refractivity contribution in [2.24, 2.45) is 0 Å². The number of benzene rings is 1. The van der Waals surface area contributed by atoms with Crippen LogP contribution >= 0.6 is 0 Å². The maximum Gasteiger partial charge on any atom is 0.494 e. The molecule has 0 unspecified atom stereocenters. The first-order valence-corrected chi connectivity index (χ1v) is 9.11. The Bertz CT molecular complexity index is 663. The maximum absolute atomic E-state index is 12.2. The van der Waals surface area contributed by atoms with Gasteiger partial charge in [-0.1, -0.05) is 18.2 Å². The summed E-state index contributed by atoms with van der Waals surface area (Å²) >= 11 is 0. The molecule has 6 heteroatoms. The van der Waals surface area contributed by atoms with Crippen molar-refractivity contribution >= 4 is 18.7 Å². The number of carbonyl (C=O) groups is 1. The smallest absolute Gasteiger partial charge is 0.444 e. The molecule has 0 saturated carbocycles. The molecular weight excluding hydrogens is 329 g/mol. The molecule has 0 aromatic heterocycles. The summed E-state index contributed by atoms with van der Waals surface area (Å²) in [5.41, 5.74) is 1.85. The molecule has 0 N–H and O–H groups in total. The first-order valence-electron chi connectivity index (χ1n) is 9.11. The Kier molecular flexibility index (Phi) is 5.51. The van der Waals surface area contributed by atoms with Gasteiger partial charge in [0.05, 0.1) is 11.2 Å². The maximum atomic E-state index is 12.2. The van der Waals surface area contributed by atoms with E-state index in [2.05, 4.69) is 6.07 Å². The second-order valence-electron chi connectivity index (χ2n) is 9.11. The number of nitrogens with zero attached hydrogens (tertiary/aromatic N) is 1. The third-order valence-corrected chi connectivity index (χ3v) is 5.01. The lowest BCUT2D eigenvalue weighted by atomic mass is 9.77. The monoisotopic (exact) mass is 361 g/mol. The first-order chi connectivity index (χ1) is 11.7. The third kappa shape index (κ3) is 4.60. The zero-order chi connectivity index (χ0) is 19.9. The zero-order valence-corrected chi connectivity index (χ0v) is 17.6. The van der Waals surface area contributed by atoms with Crippen molar-refractivity contribution in [1.29, 1.82) is 0 Å². The van der Waals surface area contributed by atoms with E-state index in [0.717, 1.165) is 16.6 Å². The molecule has 1 aliphatic rings. The van der Waals surface area contributed by atoms with Crippen LogP contribution in [0.15, 0.2) is 18.2 Å². The Balaban J connectivity index is 2.17. The largest absolute Gasteiger partial charge is 0.494 e. The lowest BCUT2D eigenvalue weighted by molar-refractivity contribution is 0.00578. The van der Waals surface area contributed by atoms with Crippen LogP contribution in [0.4, 0.5) is 4.79 Å². The van der Waals surface area contributed by atoms with Gasteiger partial charge in [0.25, 0.3) is 0 Å². The van der Waals surface area contributed by atoms with E-state index in [0.29, 0.717) is 6.54 Å². The van der Waals surface area contributed by atoms with Crippen molar-refractivity contribution in [1.82, 2.24) is 4.90 Å². The summed E-state index contributed by atoms with van der Waals surface area (Å²) in [6.45, 7) is 16.3. The van der Waals surface area contributed by atoms with Gasteiger partial charge in [-0.15, -0.1) is 0 Å². The van der Waals surface area contributed by atoms with Gasteiger partial charge in [-0.3, -0.25) is 0 Å². The van der Waals surface area contributed by atoms with Gasteiger partial charge in [-0.2, -0.15) is 0 Å². The molecule has 1 aromatic carbocycles. The van der Waals surface area contributed by atoms with Gasteiger partial charge in [-0.05, 0) is 72.0 Å². The number of amides is 1. The Labute approximate surface area is 158 Å². The summed E-state index contributed by atoms with van der Waals surface area (Å²) in [6, 6.07) is 6.12. The topological polar surface area (TPSA) is 48.0 Å². The molecule has 1 amide bonds. The Morgan fingerprint density at radius 1 is 1.15 bits per heavy atom. The molecule has 2 rings (SSSR count). The minimum absolute atomic E-state index is 0.335. The van der Waals surface area contributed by atoms with Crippen LogP contribution in [0.5, 0.6) is 0 Å². The van der Waals surface area contributed by atoms with E-state index in [1.54, 1.807) is 11.9 Å². The molecule has 5 nitrogen and oxygen atoms in total. The van der Waals surface area contributed by atoms with E-state index >= 15 is 0 Å². The van der Waals surface area contributed by atoms with Crippen LogP contribution in [0.3, 0.4) is 0 Å². The van der Waals surface area contributed by atoms with Crippen molar-refractivity contribution in [2.75, 3.05) is 7.05 Å². The zero-order valence-electron chi connectivity index (χ0n) is 17.6. The summed E-state index contributed by atoms with van der Waals surface area (Å²) < 4.78 is 17.7. The van der Waals surface area contributed by atoms with Gasteiger partial charge < -0.3 is 18.9 Å². The van der Waals surface area contributed by atoms with Crippen LogP contribution in [0.25, 0.3) is 0 Å². The predicted octanol–water partition coefficient (Wildman–Crippen LogP) is 3.66. The molecule has 1 heterocycles. The van der Waals surface area contributed by atoms with Gasteiger partial charge in [0.15, 0.2) is 0 Å². The summed E-state index contributed by atoms with van der Waals surface area (Å²) in [5, 5.41) is 0. The molecule has 0 spiro atoms. The van der Waals surface area contributed by atoms with Crippen molar-refractivity contribution in [3.8, 4) is 0 Å². The molecule has 1 aromatic rings. The normalized spacial score (nSPS) is 18.7. The number of hydrogen-bond acceptors (Lipinski definition) is 4. The lowest BCUT2D eigenvalue weighted by Gasteiger charge is -2.32. The van der Waals surface area contributed by atoms with Crippen LogP contribution in [-0.4, -0.2) is 42.0 Å². The minimum atomic E-state index is -0.509. The Hall–Kier alpha value is -1.53. The molecule has 0 radical (unpaired) electrons. The van der Waals surface area contributed by atoms with E-state index in [1.807, 2.05) is 67.5 Å². The molecule has 0 bridgehead atoms. The molecule has 1 aliphatic heterocycles. The van der Waals surface area contributed by atoms with Gasteiger partial charge in [0.1, 0.15) is 5.60 Å². The van der Waals surface area contributed by atoms with Crippen LogP contribution < -0.4 is 5.46 Å². The van der Waals surface area contributed by atoms with Crippen LogP contribution in [0.2, 0.25) is 0 Å². The lowest BCUT2D eigenvalue weighted by Crippen LogP contribution is -2.41. The molecule has 1 saturated heterocycles. The summed E-state index contributed by atoms with van der Waals surface area (Å²) in [4.78, 5) is 13.8. The second-order valence-corrected chi connectivity index (χ2v) is 9.11. The first kappa shape index (κ1) is 20.8. The minimum Gasteiger partial charge on any atom is -0.444 e. The van der Waals surface area contributed by atoms with Gasteiger partial charge >= 0.3 is 13.2 Å². The third-order valence-electron chi connectivity index (χ3n) is 5.01. The van der Waals surface area contributed by atoms with Crippen molar-refractivity contribution < 1.29 is 18.8 Å². The highest BCUT2D eigenvalue weighted by molar-refractivity contribution is 6.62. The number of carbonyl (C=O) groups excluding carboxylic acids is 1. The Morgan fingerprint density at radius 2 is 1.69 bits per heavy atom. The fourth-order valence-corrected chi connectivity index (χ4v) is 2.65. The highest BCUT2D eigenvalue weighted by Crippen LogP contribution is 2.36. The molecule has 144 valence electrons. The summed E-state index contributed by atoms with van der Waals surface area (Å²) in [5.74, 6) is 0. The number of ether oxygens (including phenoxy) is 1. The van der Waals surface area contributed by atoms with Crippen LogP contribution in [0, 0.1) is 6.92 Å². The van der Waals surface area contributed by atoms with E-state index in [4.69, 9.17) is 14.0 Å². The van der Waals surface area contributed by atoms with Gasteiger partial charge in [0.2, 0.25) is 0 Å². The number of aryl methyl sites for hydroxylation is 1. The van der Waals surface area contributed by atoms with E-state index < -0.39 is 12.7 Å². The van der Waals surface area contributed by atoms with Crippen LogP contribution in [0.1, 0.15) is 59.6 Å². The highest BCUT2D eigenvalue weighted by Gasteiger charge is 2.51. The van der Waals surface area contributed by atoms with Crippen molar-refractivity contribution in [3.63, 3.8) is 0 Å². The standard InChI is InChI=1S/C20H32BNO4/c1-14-10-11-16(21-25-19(5,6)20(7,8)26-21)12-15(14)13-22(9)17(23)24-18(2,3)4/h10-12H,13H2,1-9H3. The average molecular weight is 361 g/mol. The van der Waals surface area contributed by atoms with E-state index in [-0.39, 0.29) is 17.3 Å². The van der Waals surface area contributed by atoms with Crippen molar-refractivity contribution in [2.45, 2.75) is 78.7 Å². The second kappa shape index (κ2) is 6.89. The quantitative estimate of drug-likeness (QED) is 0.771. The SMILES string of the molecule is Cc1ccc(B2OC(C)(C)C(C)(C)O2)cc1CN(C)C(=O)OC(C)(C)C. The molecular formula is C20H32BNO4. The van der Waals surface area contributed by atoms with Crippen LogP contribution in [-0.2, 0) is 20.6 Å². The Morgan fingerprint density at radius 3 is 2.19 bits per heavy atom. The highest BCUT2D eigenvalue weighted by atomic mass is 16.7. The fourth-order valence-electron chi connectivity index (χ4n) is 2.65. The number of hydrogen-bond donors (Lipinski definition) is 0. The average Bonchev–Trinajstić information content (AvgIpc) is 2.67. The molecule has 0 atom stereocenters. The number of rotatable bonds is 3. The fraction of sp³-hybridized carbons (Fsp3) is 0.650. The van der Waals surface area contributed by atoms with E-state index in [9.17, 15) is 4.79 Å². The van der Waals surface area contributed by atoms with Gasteiger partial charge in [-0.25, -0.2) is 4.79 Å². The summed E-state index contributed by atoms with van der Waals surface area (Å²) in [6.07, 6.45) is -0.335. The predicted molar refractivity (Wildman–Crippen MR) is 105 cm³/mol. The van der Waals surface area contributed by atoms with Crippen molar-refractivity contribution in [3.05, 3.63) is 29.3 Å².